The van der Waals surface area contributed by atoms with E-state index in [2.05, 4.69) is 34.6 Å². The van der Waals surface area contributed by atoms with E-state index in [1.54, 1.807) is 6.21 Å². The smallest absolute Gasteiger partial charge is 0.283 e. The number of nitrogen functional groups attached to an aromatic ring is 1. The van der Waals surface area contributed by atoms with Gasteiger partial charge in [-0.3, -0.25) is 4.79 Å². The van der Waals surface area contributed by atoms with Gasteiger partial charge in [0.1, 0.15) is 17.2 Å². The van der Waals surface area contributed by atoms with Crippen molar-refractivity contribution in [2.75, 3.05) is 5.73 Å². The van der Waals surface area contributed by atoms with Crippen LogP contribution in [0.3, 0.4) is 0 Å². The number of rotatable bonds is 7. The summed E-state index contributed by atoms with van der Waals surface area (Å²) in [7, 11) is 0. The third kappa shape index (κ3) is 4.95. The van der Waals surface area contributed by atoms with Gasteiger partial charge in [-0.1, -0.05) is 60.2 Å². The zero-order chi connectivity index (χ0) is 19.9. The van der Waals surface area contributed by atoms with Crippen molar-refractivity contribution in [2.24, 2.45) is 5.10 Å². The molecule has 6 nitrogen and oxygen atoms in total. The molecule has 2 aromatic carbocycles. The van der Waals surface area contributed by atoms with Crippen molar-refractivity contribution >= 4 is 28.6 Å². The normalized spacial score (nSPS) is 10.9. The maximum absolute atomic E-state index is 12.3. The Balaban J connectivity index is 1.65. The second-order valence-corrected chi connectivity index (χ2v) is 7.22. The molecule has 1 heterocycles. The summed E-state index contributed by atoms with van der Waals surface area (Å²) in [4.78, 5) is 16.9. The third-order valence-electron chi connectivity index (χ3n) is 4.06. The predicted molar refractivity (Wildman–Crippen MR) is 113 cm³/mol. The molecular formula is C21H22N4O2S. The lowest BCUT2D eigenvalue weighted by Crippen LogP contribution is -2.17. The van der Waals surface area contributed by atoms with E-state index in [0.717, 1.165) is 22.5 Å². The number of carbonyl (C=O) groups is 1. The number of benzene rings is 2. The summed E-state index contributed by atoms with van der Waals surface area (Å²) in [5.74, 6) is 0.373. The van der Waals surface area contributed by atoms with Crippen LogP contribution in [-0.2, 0) is 13.0 Å². The average molecular weight is 395 g/mol. The third-order valence-corrected chi connectivity index (χ3v) is 4.98. The molecule has 0 aliphatic heterocycles. The summed E-state index contributed by atoms with van der Waals surface area (Å²) in [6.45, 7) is 4.43. The van der Waals surface area contributed by atoms with Crippen molar-refractivity contribution in [1.82, 2.24) is 10.4 Å². The van der Waals surface area contributed by atoms with Gasteiger partial charge < -0.3 is 10.5 Å². The molecule has 0 aliphatic rings. The number of aromatic nitrogens is 1. The Hall–Kier alpha value is -3.19. The van der Waals surface area contributed by atoms with Crippen LogP contribution < -0.4 is 15.9 Å². The number of thiazole rings is 1. The van der Waals surface area contributed by atoms with Crippen molar-refractivity contribution in [3.8, 4) is 5.75 Å². The summed E-state index contributed by atoms with van der Waals surface area (Å²) < 4.78 is 5.92. The quantitative estimate of drug-likeness (QED) is 0.469. The van der Waals surface area contributed by atoms with E-state index in [1.807, 2.05) is 43.3 Å². The molecule has 7 heteroatoms. The molecule has 28 heavy (non-hydrogen) atoms. The maximum Gasteiger partial charge on any atom is 0.283 e. The molecule has 1 amide bonds. The molecule has 0 bridgehead atoms. The van der Waals surface area contributed by atoms with Crippen molar-refractivity contribution in [3.63, 3.8) is 0 Å². The summed E-state index contributed by atoms with van der Waals surface area (Å²) in [6.07, 6.45) is 2.20. The standard InChI is InChI=1S/C21H22N4O2S/c1-3-17-19(28-21(22)24-17)20(26)25-23-12-16-6-4-5-7-18(16)27-13-15-10-8-14(2)9-11-15/h4-12H,3,13H2,1-2H3,(H2,22,24)(H,25,26)/b23-12-. The van der Waals surface area contributed by atoms with E-state index in [0.29, 0.717) is 34.5 Å². The van der Waals surface area contributed by atoms with Gasteiger partial charge >= 0.3 is 0 Å². The molecule has 0 spiro atoms. The number of hydrogen-bond donors (Lipinski definition) is 2. The number of carbonyl (C=O) groups excluding carboxylic acids is 1. The monoisotopic (exact) mass is 394 g/mol. The zero-order valence-electron chi connectivity index (χ0n) is 15.8. The van der Waals surface area contributed by atoms with Gasteiger partial charge in [0.25, 0.3) is 5.91 Å². The first-order chi connectivity index (χ1) is 13.6. The topological polar surface area (TPSA) is 89.6 Å². The van der Waals surface area contributed by atoms with Crippen molar-refractivity contribution in [2.45, 2.75) is 26.9 Å². The molecule has 144 valence electrons. The molecule has 0 atom stereocenters. The summed E-state index contributed by atoms with van der Waals surface area (Å²) >= 11 is 1.16. The molecule has 0 fully saturated rings. The van der Waals surface area contributed by atoms with Gasteiger partial charge in [-0.15, -0.1) is 0 Å². The second-order valence-electron chi connectivity index (χ2n) is 6.19. The van der Waals surface area contributed by atoms with Crippen molar-refractivity contribution < 1.29 is 9.53 Å². The lowest BCUT2D eigenvalue weighted by Gasteiger charge is -2.09. The predicted octanol–water partition coefficient (Wildman–Crippen LogP) is 3.94. The fraction of sp³-hybridized carbons (Fsp3) is 0.190. The van der Waals surface area contributed by atoms with E-state index in [1.165, 1.54) is 5.56 Å². The Labute approximate surface area is 168 Å². The van der Waals surface area contributed by atoms with Crippen LogP contribution >= 0.6 is 11.3 Å². The number of hydrogen-bond acceptors (Lipinski definition) is 6. The first-order valence-corrected chi connectivity index (χ1v) is 9.74. The second kappa shape index (κ2) is 9.14. The van der Waals surface area contributed by atoms with E-state index >= 15 is 0 Å². The van der Waals surface area contributed by atoms with E-state index in [9.17, 15) is 4.79 Å². The first kappa shape index (κ1) is 19.6. The number of aryl methyl sites for hydroxylation is 2. The van der Waals surface area contributed by atoms with Crippen molar-refractivity contribution in [3.05, 3.63) is 75.8 Å². The Bertz CT molecular complexity index is 980. The van der Waals surface area contributed by atoms with Gasteiger partial charge in [-0.05, 0) is 31.0 Å². The summed E-state index contributed by atoms with van der Waals surface area (Å²) in [5.41, 5.74) is 12.0. The molecular weight excluding hydrogens is 372 g/mol. The highest BCUT2D eigenvalue weighted by Crippen LogP contribution is 2.21. The highest BCUT2D eigenvalue weighted by molar-refractivity contribution is 7.17. The van der Waals surface area contributed by atoms with Gasteiger partial charge in [0, 0.05) is 5.56 Å². The minimum atomic E-state index is -0.319. The number of hydrazone groups is 1. The molecule has 1 aromatic heterocycles. The molecule has 0 aliphatic carbocycles. The van der Waals surface area contributed by atoms with E-state index in [4.69, 9.17) is 10.5 Å². The Morgan fingerprint density at radius 3 is 2.75 bits per heavy atom. The first-order valence-electron chi connectivity index (χ1n) is 8.92. The Morgan fingerprint density at radius 2 is 2.00 bits per heavy atom. The minimum absolute atomic E-state index is 0.319. The van der Waals surface area contributed by atoms with Gasteiger partial charge in [-0.2, -0.15) is 5.10 Å². The number of nitrogens with one attached hydrogen (secondary N) is 1. The maximum atomic E-state index is 12.3. The average Bonchev–Trinajstić information content (AvgIpc) is 3.09. The van der Waals surface area contributed by atoms with Gasteiger partial charge in [-0.25, -0.2) is 10.4 Å². The van der Waals surface area contributed by atoms with Crippen LogP contribution in [0.1, 0.15) is 39.0 Å². The van der Waals surface area contributed by atoms with Crippen LogP contribution in [0, 0.1) is 6.92 Å². The minimum Gasteiger partial charge on any atom is -0.488 e. The van der Waals surface area contributed by atoms with Crippen LogP contribution in [0.15, 0.2) is 53.6 Å². The molecule has 0 saturated heterocycles. The molecule has 3 aromatic rings. The highest BCUT2D eigenvalue weighted by Gasteiger charge is 2.15. The van der Waals surface area contributed by atoms with E-state index in [-0.39, 0.29) is 5.91 Å². The Morgan fingerprint density at radius 1 is 1.25 bits per heavy atom. The zero-order valence-corrected chi connectivity index (χ0v) is 16.6. The lowest BCUT2D eigenvalue weighted by molar-refractivity contribution is 0.0958. The largest absolute Gasteiger partial charge is 0.488 e. The number of nitrogens with zero attached hydrogens (tertiary/aromatic N) is 2. The lowest BCUT2D eigenvalue weighted by atomic mass is 10.1. The number of nitrogens with two attached hydrogens (primary N) is 1. The van der Waals surface area contributed by atoms with Crippen LogP contribution in [0.2, 0.25) is 0 Å². The van der Waals surface area contributed by atoms with Crippen LogP contribution in [0.4, 0.5) is 5.13 Å². The highest BCUT2D eigenvalue weighted by atomic mass is 32.1. The number of amides is 1. The van der Waals surface area contributed by atoms with Crippen molar-refractivity contribution in [1.29, 1.82) is 0 Å². The van der Waals surface area contributed by atoms with E-state index < -0.39 is 0 Å². The van der Waals surface area contributed by atoms with Crippen LogP contribution in [0.25, 0.3) is 0 Å². The number of anilines is 1. The molecule has 0 saturated carbocycles. The molecule has 0 radical (unpaired) electrons. The molecule has 3 N–H and O–H groups in total. The number of ether oxygens (including phenoxy) is 1. The van der Waals surface area contributed by atoms with Crippen LogP contribution in [-0.4, -0.2) is 17.1 Å². The van der Waals surface area contributed by atoms with Gasteiger partial charge in [0.15, 0.2) is 5.13 Å². The Kier molecular flexibility index (Phi) is 6.39. The molecule has 3 rings (SSSR count). The fourth-order valence-electron chi connectivity index (χ4n) is 2.56. The molecule has 0 unspecified atom stereocenters. The van der Waals surface area contributed by atoms with Gasteiger partial charge in [0.2, 0.25) is 0 Å². The van der Waals surface area contributed by atoms with Gasteiger partial charge in [0.05, 0.1) is 11.9 Å². The summed E-state index contributed by atoms with van der Waals surface area (Å²) in [5, 5.41) is 4.44. The SMILES string of the molecule is CCc1nc(N)sc1C(=O)N/N=C\c1ccccc1OCc1ccc(C)cc1. The number of para-hydroxylation sites is 1. The summed E-state index contributed by atoms with van der Waals surface area (Å²) in [6, 6.07) is 15.7. The van der Waals surface area contributed by atoms with Crippen LogP contribution in [0.5, 0.6) is 5.75 Å². The fourth-order valence-corrected chi connectivity index (χ4v) is 3.37.